The van der Waals surface area contributed by atoms with Gasteiger partial charge in [0.05, 0.1) is 6.61 Å². The van der Waals surface area contributed by atoms with E-state index >= 15 is 0 Å². The van der Waals surface area contributed by atoms with Crippen LogP contribution in [0.3, 0.4) is 0 Å². The first-order chi connectivity index (χ1) is 9.29. The molecule has 1 fully saturated rings. The summed E-state index contributed by atoms with van der Waals surface area (Å²) in [5.41, 5.74) is 0.899. The van der Waals surface area contributed by atoms with Crippen molar-refractivity contribution in [3.8, 4) is 5.75 Å². The fraction of sp³-hybridized carbons (Fsp3) is 0.600. The molecule has 0 radical (unpaired) electrons. The van der Waals surface area contributed by atoms with Gasteiger partial charge in [-0.3, -0.25) is 0 Å². The Balaban J connectivity index is 0.00000200. The molecule has 1 aliphatic rings. The Hall–Kier alpha value is -0.840. The van der Waals surface area contributed by atoms with E-state index < -0.39 is 0 Å². The molecule has 3 nitrogen and oxygen atoms in total. The van der Waals surface area contributed by atoms with E-state index in [0.717, 1.165) is 36.9 Å². The van der Waals surface area contributed by atoms with Gasteiger partial charge in [-0.25, -0.2) is 4.39 Å². The van der Waals surface area contributed by atoms with Gasteiger partial charge in [0, 0.05) is 12.1 Å². The zero-order chi connectivity index (χ0) is 13.5. The summed E-state index contributed by atoms with van der Waals surface area (Å²) < 4.78 is 18.8. The van der Waals surface area contributed by atoms with Crippen LogP contribution < -0.4 is 15.4 Å². The summed E-state index contributed by atoms with van der Waals surface area (Å²) in [6, 6.07) is 4.71. The van der Waals surface area contributed by atoms with Gasteiger partial charge in [0.1, 0.15) is 11.6 Å². The third kappa shape index (κ3) is 5.27. The van der Waals surface area contributed by atoms with Crippen molar-refractivity contribution in [2.45, 2.75) is 26.3 Å². The van der Waals surface area contributed by atoms with E-state index in [9.17, 15) is 4.39 Å². The molecule has 2 rings (SSSR count). The second-order valence-corrected chi connectivity index (χ2v) is 5.01. The number of hydrogen-bond acceptors (Lipinski definition) is 3. The number of rotatable bonds is 6. The van der Waals surface area contributed by atoms with Gasteiger partial charge < -0.3 is 15.4 Å². The van der Waals surface area contributed by atoms with E-state index in [0.29, 0.717) is 13.2 Å². The summed E-state index contributed by atoms with van der Waals surface area (Å²) >= 11 is 0. The Morgan fingerprint density at radius 3 is 2.80 bits per heavy atom. The van der Waals surface area contributed by atoms with Crippen LogP contribution in [-0.2, 0) is 6.54 Å². The lowest BCUT2D eigenvalue weighted by molar-refractivity contribution is 0.330. The molecule has 1 heterocycles. The zero-order valence-corrected chi connectivity index (χ0v) is 12.8. The van der Waals surface area contributed by atoms with E-state index in [1.54, 1.807) is 12.1 Å². The van der Waals surface area contributed by atoms with Crippen LogP contribution in [0.4, 0.5) is 4.39 Å². The molecular formula is C15H24ClFN2O. The number of piperidine rings is 1. The molecule has 114 valence electrons. The fourth-order valence-electron chi connectivity index (χ4n) is 2.48. The maximum absolute atomic E-state index is 13.3. The summed E-state index contributed by atoms with van der Waals surface area (Å²) in [6.45, 7) is 6.41. The number of benzene rings is 1. The van der Waals surface area contributed by atoms with Crippen molar-refractivity contribution in [3.05, 3.63) is 29.6 Å². The minimum absolute atomic E-state index is 0. The van der Waals surface area contributed by atoms with E-state index in [2.05, 4.69) is 10.6 Å². The van der Waals surface area contributed by atoms with Crippen molar-refractivity contribution < 1.29 is 9.13 Å². The Morgan fingerprint density at radius 1 is 1.35 bits per heavy atom. The molecule has 0 bridgehead atoms. The molecule has 0 atom stereocenters. The molecule has 2 N–H and O–H groups in total. The van der Waals surface area contributed by atoms with Crippen molar-refractivity contribution in [3.63, 3.8) is 0 Å². The fourth-order valence-corrected chi connectivity index (χ4v) is 2.48. The van der Waals surface area contributed by atoms with Gasteiger partial charge in [-0.2, -0.15) is 0 Å². The van der Waals surface area contributed by atoms with Crippen molar-refractivity contribution >= 4 is 12.4 Å². The molecule has 1 saturated heterocycles. The minimum atomic E-state index is -0.206. The van der Waals surface area contributed by atoms with Gasteiger partial charge in [0.15, 0.2) is 0 Å². The molecular weight excluding hydrogens is 279 g/mol. The SMILES string of the molecule is CCOc1ccc(F)cc1CNCC1CCNCC1.Cl. The highest BCUT2D eigenvalue weighted by molar-refractivity contribution is 5.85. The molecule has 0 unspecified atom stereocenters. The molecule has 1 aromatic carbocycles. The highest BCUT2D eigenvalue weighted by atomic mass is 35.5. The Kier molecular flexibility index (Phi) is 7.88. The maximum atomic E-state index is 13.3. The number of ether oxygens (including phenoxy) is 1. The lowest BCUT2D eigenvalue weighted by atomic mass is 9.98. The van der Waals surface area contributed by atoms with Crippen molar-refractivity contribution in [2.75, 3.05) is 26.2 Å². The molecule has 1 aliphatic heterocycles. The van der Waals surface area contributed by atoms with E-state index in [1.807, 2.05) is 6.92 Å². The van der Waals surface area contributed by atoms with Crippen molar-refractivity contribution in [1.29, 1.82) is 0 Å². The largest absolute Gasteiger partial charge is 0.494 e. The van der Waals surface area contributed by atoms with Gasteiger partial charge in [0.2, 0.25) is 0 Å². The second-order valence-electron chi connectivity index (χ2n) is 5.01. The lowest BCUT2D eigenvalue weighted by Gasteiger charge is -2.23. The van der Waals surface area contributed by atoms with Gasteiger partial charge in [-0.1, -0.05) is 0 Å². The van der Waals surface area contributed by atoms with Crippen LogP contribution >= 0.6 is 12.4 Å². The lowest BCUT2D eigenvalue weighted by Crippen LogP contribution is -2.33. The molecule has 0 aliphatic carbocycles. The van der Waals surface area contributed by atoms with Crippen LogP contribution in [0.2, 0.25) is 0 Å². The standard InChI is InChI=1S/C15H23FN2O.ClH/c1-2-19-15-4-3-14(16)9-13(15)11-18-10-12-5-7-17-8-6-12;/h3-4,9,12,17-18H,2,5-8,10-11H2,1H3;1H. The smallest absolute Gasteiger partial charge is 0.123 e. The highest BCUT2D eigenvalue weighted by Gasteiger charge is 2.12. The summed E-state index contributed by atoms with van der Waals surface area (Å²) in [6.07, 6.45) is 2.43. The van der Waals surface area contributed by atoms with Crippen LogP contribution in [0.25, 0.3) is 0 Å². The van der Waals surface area contributed by atoms with Gasteiger partial charge >= 0.3 is 0 Å². The highest BCUT2D eigenvalue weighted by Crippen LogP contribution is 2.20. The Bertz CT molecular complexity index is 397. The quantitative estimate of drug-likeness (QED) is 0.848. The molecule has 5 heteroatoms. The third-order valence-electron chi connectivity index (χ3n) is 3.53. The summed E-state index contributed by atoms with van der Waals surface area (Å²) in [5, 5.41) is 6.78. The van der Waals surface area contributed by atoms with Crippen LogP contribution in [0.5, 0.6) is 5.75 Å². The first kappa shape index (κ1) is 17.2. The number of nitrogens with one attached hydrogen (secondary N) is 2. The molecule has 20 heavy (non-hydrogen) atoms. The monoisotopic (exact) mass is 302 g/mol. The predicted octanol–water partition coefficient (Wildman–Crippen LogP) is 2.74. The number of halogens is 2. The van der Waals surface area contributed by atoms with Crippen molar-refractivity contribution in [2.24, 2.45) is 5.92 Å². The normalized spacial score (nSPS) is 15.7. The first-order valence-electron chi connectivity index (χ1n) is 7.12. The van der Waals surface area contributed by atoms with Gasteiger partial charge in [-0.05, 0) is 63.5 Å². The van der Waals surface area contributed by atoms with Crippen molar-refractivity contribution in [1.82, 2.24) is 10.6 Å². The minimum Gasteiger partial charge on any atom is -0.494 e. The van der Waals surface area contributed by atoms with Crippen LogP contribution in [-0.4, -0.2) is 26.2 Å². The van der Waals surface area contributed by atoms with E-state index in [4.69, 9.17) is 4.74 Å². The van der Waals surface area contributed by atoms with Crippen LogP contribution in [0.15, 0.2) is 18.2 Å². The zero-order valence-electron chi connectivity index (χ0n) is 12.0. The molecule has 0 amide bonds. The Labute approximate surface area is 126 Å². The van der Waals surface area contributed by atoms with E-state index in [1.165, 1.54) is 18.9 Å². The molecule has 1 aromatic rings. The maximum Gasteiger partial charge on any atom is 0.123 e. The van der Waals surface area contributed by atoms with Crippen LogP contribution in [0.1, 0.15) is 25.3 Å². The predicted molar refractivity (Wildman–Crippen MR) is 82.1 cm³/mol. The summed E-state index contributed by atoms with van der Waals surface area (Å²) in [4.78, 5) is 0. The topological polar surface area (TPSA) is 33.3 Å². The molecule has 0 aromatic heterocycles. The molecule has 0 saturated carbocycles. The Morgan fingerprint density at radius 2 is 2.10 bits per heavy atom. The van der Waals surface area contributed by atoms with Gasteiger partial charge in [0.25, 0.3) is 0 Å². The second kappa shape index (κ2) is 9.16. The van der Waals surface area contributed by atoms with Crippen LogP contribution in [0, 0.1) is 11.7 Å². The summed E-state index contributed by atoms with van der Waals surface area (Å²) in [5.74, 6) is 1.30. The summed E-state index contributed by atoms with van der Waals surface area (Å²) in [7, 11) is 0. The number of hydrogen-bond donors (Lipinski definition) is 2. The molecule has 0 spiro atoms. The van der Waals surface area contributed by atoms with Gasteiger partial charge in [-0.15, -0.1) is 12.4 Å². The average Bonchev–Trinajstić information content (AvgIpc) is 2.43. The average molecular weight is 303 g/mol. The van der Waals surface area contributed by atoms with E-state index in [-0.39, 0.29) is 18.2 Å². The first-order valence-corrected chi connectivity index (χ1v) is 7.12. The third-order valence-corrected chi connectivity index (χ3v) is 3.53.